The van der Waals surface area contributed by atoms with Crippen molar-refractivity contribution in [1.82, 2.24) is 5.16 Å². The average molecular weight is 475 g/mol. The molecular formula is C26H26N4O5. The fourth-order valence-electron chi connectivity index (χ4n) is 4.23. The topological polar surface area (TPSA) is 129 Å². The van der Waals surface area contributed by atoms with Crippen molar-refractivity contribution in [3.63, 3.8) is 0 Å². The van der Waals surface area contributed by atoms with E-state index < -0.39 is 18.2 Å². The third-order valence-corrected chi connectivity index (χ3v) is 6.15. The van der Waals surface area contributed by atoms with Gasteiger partial charge in [0.2, 0.25) is 5.69 Å². The normalized spacial score (nSPS) is 14.7. The molecule has 4 rings (SSSR count). The van der Waals surface area contributed by atoms with Crippen LogP contribution in [-0.4, -0.2) is 35.4 Å². The van der Waals surface area contributed by atoms with E-state index in [2.05, 4.69) is 15.4 Å². The minimum absolute atomic E-state index is 0.0473. The van der Waals surface area contributed by atoms with Crippen molar-refractivity contribution < 1.29 is 24.0 Å². The van der Waals surface area contributed by atoms with Gasteiger partial charge in [0.1, 0.15) is 17.9 Å². The van der Waals surface area contributed by atoms with E-state index in [4.69, 9.17) is 14.4 Å². The first-order valence-electron chi connectivity index (χ1n) is 11.4. The number of hydrogen-bond acceptors (Lipinski definition) is 7. The number of nitrogens with one attached hydrogen (secondary N) is 1. The molecule has 1 aliphatic rings. The second kappa shape index (κ2) is 10.7. The van der Waals surface area contributed by atoms with Crippen molar-refractivity contribution in [1.29, 1.82) is 5.26 Å². The number of hydrogen-bond donors (Lipinski definition) is 2. The number of nitrogens with zero attached hydrogens (tertiary/aromatic N) is 3. The number of carbonyl (C=O) groups is 2. The molecule has 2 heterocycles. The summed E-state index contributed by atoms with van der Waals surface area (Å²) in [5, 5.41) is 24.8. The van der Waals surface area contributed by atoms with Crippen LogP contribution in [0.3, 0.4) is 0 Å². The number of aliphatic carboxylic acids is 1. The Bertz CT molecular complexity index is 1210. The molecule has 35 heavy (non-hydrogen) atoms. The lowest BCUT2D eigenvalue weighted by atomic mass is 9.93. The van der Waals surface area contributed by atoms with E-state index in [0.717, 1.165) is 37.2 Å². The Hall–Kier alpha value is -4.32. The van der Waals surface area contributed by atoms with Crippen LogP contribution in [0.25, 0.3) is 11.3 Å². The Labute approximate surface area is 202 Å². The molecule has 1 fully saturated rings. The molecule has 3 aromatic rings. The molecule has 2 N–H and O–H groups in total. The van der Waals surface area contributed by atoms with Gasteiger partial charge in [0.25, 0.3) is 0 Å². The number of nitriles is 1. The number of anilines is 2. The zero-order chi connectivity index (χ0) is 24.8. The van der Waals surface area contributed by atoms with Crippen molar-refractivity contribution in [2.75, 3.05) is 23.3 Å². The first-order chi connectivity index (χ1) is 16.9. The van der Waals surface area contributed by atoms with E-state index in [-0.39, 0.29) is 29.5 Å². The molecule has 2 aromatic carbocycles. The number of rotatable bonds is 7. The molecule has 1 amide bonds. The summed E-state index contributed by atoms with van der Waals surface area (Å²) < 4.78 is 10.8. The highest BCUT2D eigenvalue weighted by atomic mass is 16.6. The van der Waals surface area contributed by atoms with E-state index in [1.165, 1.54) is 0 Å². The van der Waals surface area contributed by atoms with Crippen LogP contribution in [0.2, 0.25) is 0 Å². The lowest BCUT2D eigenvalue weighted by Crippen LogP contribution is -2.34. The van der Waals surface area contributed by atoms with Crippen LogP contribution in [0.1, 0.15) is 43.5 Å². The summed E-state index contributed by atoms with van der Waals surface area (Å²) in [6.07, 6.45) is 0.674. The van der Waals surface area contributed by atoms with Crippen LogP contribution < -0.4 is 10.2 Å². The number of amides is 1. The molecule has 0 saturated carbocycles. The van der Waals surface area contributed by atoms with Gasteiger partial charge in [-0.25, -0.2) is 4.79 Å². The fourth-order valence-corrected chi connectivity index (χ4v) is 4.23. The monoisotopic (exact) mass is 474 g/mol. The van der Waals surface area contributed by atoms with Crippen molar-refractivity contribution in [3.05, 3.63) is 65.9 Å². The van der Waals surface area contributed by atoms with Gasteiger partial charge in [0.05, 0.1) is 0 Å². The Morgan fingerprint density at radius 1 is 1.20 bits per heavy atom. The largest absolute Gasteiger partial charge is 0.481 e. The number of carboxylic acids is 1. The standard InChI is InChI=1S/C26H26N4O5/c1-17(19-5-3-2-4-6-19)34-26(33)28-24-22(16-27)29-35-25(24)20-7-9-21(10-8-20)30-13-11-18(12-14-30)15-23(31)32/h2-10,17-18H,11-15H2,1H3,(H,28,33)(H,31,32). The van der Waals surface area contributed by atoms with Crippen LogP contribution in [0, 0.1) is 17.2 Å². The van der Waals surface area contributed by atoms with Gasteiger partial charge in [-0.2, -0.15) is 5.26 Å². The average Bonchev–Trinajstić information content (AvgIpc) is 3.27. The minimum Gasteiger partial charge on any atom is -0.481 e. The molecule has 1 saturated heterocycles. The first-order valence-corrected chi connectivity index (χ1v) is 11.4. The van der Waals surface area contributed by atoms with Gasteiger partial charge in [-0.3, -0.25) is 10.1 Å². The molecule has 180 valence electrons. The lowest BCUT2D eigenvalue weighted by molar-refractivity contribution is -0.138. The minimum atomic E-state index is -0.751. The van der Waals surface area contributed by atoms with Crippen LogP contribution in [0.5, 0.6) is 0 Å². The summed E-state index contributed by atoms with van der Waals surface area (Å²) in [6, 6.07) is 18.8. The summed E-state index contributed by atoms with van der Waals surface area (Å²) in [5.41, 5.74) is 2.60. The Morgan fingerprint density at radius 2 is 1.89 bits per heavy atom. The Morgan fingerprint density at radius 3 is 2.51 bits per heavy atom. The highest BCUT2D eigenvalue weighted by Crippen LogP contribution is 2.33. The van der Waals surface area contributed by atoms with Crippen LogP contribution in [0.15, 0.2) is 59.1 Å². The lowest BCUT2D eigenvalue weighted by Gasteiger charge is -2.33. The second-order valence-electron chi connectivity index (χ2n) is 8.51. The van der Waals surface area contributed by atoms with Gasteiger partial charge >= 0.3 is 12.1 Å². The summed E-state index contributed by atoms with van der Waals surface area (Å²) in [4.78, 5) is 25.7. The summed E-state index contributed by atoms with van der Waals surface area (Å²) >= 11 is 0. The molecule has 9 heteroatoms. The number of benzene rings is 2. The number of aromatic nitrogens is 1. The fraction of sp³-hybridized carbons (Fsp3) is 0.308. The third-order valence-electron chi connectivity index (χ3n) is 6.15. The maximum atomic E-state index is 12.5. The van der Waals surface area contributed by atoms with Gasteiger partial charge < -0.3 is 19.3 Å². The predicted molar refractivity (Wildman–Crippen MR) is 129 cm³/mol. The van der Waals surface area contributed by atoms with E-state index in [1.807, 2.05) is 60.7 Å². The molecule has 1 aromatic heterocycles. The molecular weight excluding hydrogens is 448 g/mol. The Kier molecular flexibility index (Phi) is 7.31. The van der Waals surface area contributed by atoms with Gasteiger partial charge in [0.15, 0.2) is 5.76 Å². The molecule has 0 aliphatic carbocycles. The molecule has 1 atom stereocenters. The molecule has 0 bridgehead atoms. The first kappa shape index (κ1) is 23.8. The summed E-state index contributed by atoms with van der Waals surface area (Å²) in [7, 11) is 0. The van der Waals surface area contributed by atoms with Crippen molar-refractivity contribution in [3.8, 4) is 17.4 Å². The van der Waals surface area contributed by atoms with Gasteiger partial charge in [-0.1, -0.05) is 35.5 Å². The molecule has 1 aliphatic heterocycles. The van der Waals surface area contributed by atoms with E-state index >= 15 is 0 Å². The summed E-state index contributed by atoms with van der Waals surface area (Å²) in [5.74, 6) is -0.281. The molecule has 0 spiro atoms. The molecule has 1 unspecified atom stereocenters. The van der Waals surface area contributed by atoms with Gasteiger partial charge in [0, 0.05) is 30.8 Å². The quantitative estimate of drug-likeness (QED) is 0.477. The van der Waals surface area contributed by atoms with Crippen LogP contribution in [0.4, 0.5) is 16.2 Å². The number of ether oxygens (including phenoxy) is 1. The number of carboxylic acid groups (broad SMARTS) is 1. The third kappa shape index (κ3) is 5.79. The van der Waals surface area contributed by atoms with Crippen LogP contribution >= 0.6 is 0 Å². The maximum absolute atomic E-state index is 12.5. The van der Waals surface area contributed by atoms with E-state index in [9.17, 15) is 14.9 Å². The van der Waals surface area contributed by atoms with Crippen molar-refractivity contribution in [2.45, 2.75) is 32.3 Å². The van der Waals surface area contributed by atoms with Gasteiger partial charge in [-0.15, -0.1) is 0 Å². The van der Waals surface area contributed by atoms with Gasteiger partial charge in [-0.05, 0) is 55.5 Å². The second-order valence-corrected chi connectivity index (χ2v) is 8.51. The SMILES string of the molecule is CC(OC(=O)Nc1c(C#N)noc1-c1ccc(N2CCC(CC(=O)O)CC2)cc1)c1ccccc1. The summed E-state index contributed by atoms with van der Waals surface area (Å²) in [6.45, 7) is 3.34. The smallest absolute Gasteiger partial charge is 0.412 e. The molecule has 0 radical (unpaired) electrons. The zero-order valence-electron chi connectivity index (χ0n) is 19.3. The van der Waals surface area contributed by atoms with E-state index in [1.54, 1.807) is 6.92 Å². The number of carbonyl (C=O) groups excluding carboxylic acids is 1. The highest BCUT2D eigenvalue weighted by Gasteiger charge is 2.24. The maximum Gasteiger partial charge on any atom is 0.412 e. The number of piperidine rings is 1. The van der Waals surface area contributed by atoms with Crippen molar-refractivity contribution >= 4 is 23.4 Å². The van der Waals surface area contributed by atoms with Crippen LogP contribution in [-0.2, 0) is 9.53 Å². The molecule has 9 nitrogen and oxygen atoms in total. The Balaban J connectivity index is 1.44. The highest BCUT2D eigenvalue weighted by molar-refractivity contribution is 5.91. The van der Waals surface area contributed by atoms with E-state index in [0.29, 0.717) is 5.56 Å². The zero-order valence-corrected chi connectivity index (χ0v) is 19.3. The van der Waals surface area contributed by atoms with Crippen molar-refractivity contribution in [2.24, 2.45) is 5.92 Å². The predicted octanol–water partition coefficient (Wildman–Crippen LogP) is 5.21.